The summed E-state index contributed by atoms with van der Waals surface area (Å²) in [5, 5.41) is 6.35. The van der Waals surface area contributed by atoms with Gasteiger partial charge in [0, 0.05) is 12.1 Å². The Morgan fingerprint density at radius 3 is 2.24 bits per heavy atom. The molecule has 0 bridgehead atoms. The van der Waals surface area contributed by atoms with Gasteiger partial charge in [0.15, 0.2) is 0 Å². The number of benzene rings is 1. The van der Waals surface area contributed by atoms with Crippen LogP contribution in [-0.2, 0) is 16.6 Å². The van der Waals surface area contributed by atoms with Crippen LogP contribution in [-0.4, -0.2) is 18.6 Å². The molecule has 2 aromatic rings. The fourth-order valence-electron chi connectivity index (χ4n) is 2.29. The van der Waals surface area contributed by atoms with Gasteiger partial charge in [-0.05, 0) is 49.9 Å². The third-order valence-electron chi connectivity index (χ3n) is 3.77. The number of anilines is 1. The summed E-state index contributed by atoms with van der Waals surface area (Å²) >= 11 is 0. The van der Waals surface area contributed by atoms with Crippen LogP contribution in [0.4, 0.5) is 5.82 Å². The molecule has 0 radical (unpaired) electrons. The molecule has 0 aliphatic heterocycles. The molecule has 7 heteroatoms. The summed E-state index contributed by atoms with van der Waals surface area (Å²) in [6.45, 7) is 7.57. The van der Waals surface area contributed by atoms with Crippen LogP contribution in [0.3, 0.4) is 0 Å². The Morgan fingerprint density at radius 2 is 1.76 bits per heavy atom. The first-order valence-corrected chi connectivity index (χ1v) is 8.07. The standard InChI is InChI=1S/C14H20N4O2S/c1-8-5-9(2)11(4)13(10(8)3)21(19,20)17-7-12-6-16-18-14(12)15/h5-6,17H,7H2,1-4H3,(H3,15,16,18). The molecule has 0 aliphatic carbocycles. The van der Waals surface area contributed by atoms with Gasteiger partial charge < -0.3 is 5.73 Å². The molecule has 21 heavy (non-hydrogen) atoms. The molecule has 0 saturated heterocycles. The first-order valence-electron chi connectivity index (χ1n) is 6.59. The van der Waals surface area contributed by atoms with Crippen molar-refractivity contribution >= 4 is 15.8 Å². The van der Waals surface area contributed by atoms with Gasteiger partial charge in [-0.2, -0.15) is 5.10 Å². The number of nitrogens with zero attached hydrogens (tertiary/aromatic N) is 1. The number of hydrogen-bond donors (Lipinski definition) is 3. The first-order chi connectivity index (χ1) is 9.74. The fraction of sp³-hybridized carbons (Fsp3) is 0.357. The fourth-order valence-corrected chi connectivity index (χ4v) is 3.91. The molecule has 0 saturated carbocycles. The number of aromatic amines is 1. The lowest BCUT2D eigenvalue weighted by atomic mass is 10.0. The maximum Gasteiger partial charge on any atom is 0.241 e. The molecule has 0 atom stereocenters. The molecule has 4 N–H and O–H groups in total. The van der Waals surface area contributed by atoms with Gasteiger partial charge in [-0.15, -0.1) is 0 Å². The Kier molecular flexibility index (Phi) is 4.06. The number of nitrogens with two attached hydrogens (primary N) is 1. The van der Waals surface area contributed by atoms with Gasteiger partial charge in [0.1, 0.15) is 5.82 Å². The van der Waals surface area contributed by atoms with E-state index in [1.54, 1.807) is 0 Å². The summed E-state index contributed by atoms with van der Waals surface area (Å²) in [6, 6.07) is 2.00. The highest BCUT2D eigenvalue weighted by atomic mass is 32.2. The van der Waals surface area contributed by atoms with Crippen LogP contribution < -0.4 is 10.5 Å². The third kappa shape index (κ3) is 2.93. The molecule has 0 amide bonds. The first kappa shape index (κ1) is 15.5. The summed E-state index contributed by atoms with van der Waals surface area (Å²) in [7, 11) is -3.61. The Bertz CT molecular complexity index is 752. The van der Waals surface area contributed by atoms with Crippen molar-refractivity contribution in [1.29, 1.82) is 0 Å². The number of aromatic nitrogens is 2. The van der Waals surface area contributed by atoms with Crippen LogP contribution in [0.1, 0.15) is 27.8 Å². The average Bonchev–Trinajstić information content (AvgIpc) is 2.80. The maximum atomic E-state index is 12.6. The van der Waals surface area contributed by atoms with E-state index in [9.17, 15) is 8.42 Å². The van der Waals surface area contributed by atoms with Crippen molar-refractivity contribution in [1.82, 2.24) is 14.9 Å². The SMILES string of the molecule is Cc1cc(C)c(C)c(S(=O)(=O)NCc2cn[nH]c2N)c1C. The van der Waals surface area contributed by atoms with Gasteiger partial charge in [-0.25, -0.2) is 13.1 Å². The minimum Gasteiger partial charge on any atom is -0.384 e. The van der Waals surface area contributed by atoms with Crippen molar-refractivity contribution in [3.05, 3.63) is 40.1 Å². The molecule has 0 aliphatic rings. The van der Waals surface area contributed by atoms with E-state index in [1.165, 1.54) is 6.20 Å². The van der Waals surface area contributed by atoms with Crippen molar-refractivity contribution in [2.45, 2.75) is 39.1 Å². The van der Waals surface area contributed by atoms with Crippen LogP contribution >= 0.6 is 0 Å². The predicted octanol–water partition coefficient (Wildman–Crippen LogP) is 1.70. The van der Waals surface area contributed by atoms with Gasteiger partial charge in [0.2, 0.25) is 10.0 Å². The molecular weight excluding hydrogens is 288 g/mol. The Labute approximate surface area is 124 Å². The number of H-pyrrole nitrogens is 1. The molecule has 2 rings (SSSR count). The highest BCUT2D eigenvalue weighted by molar-refractivity contribution is 7.89. The Morgan fingerprint density at radius 1 is 1.19 bits per heavy atom. The number of aryl methyl sites for hydroxylation is 2. The van der Waals surface area contributed by atoms with E-state index in [1.807, 2.05) is 33.8 Å². The minimum atomic E-state index is -3.61. The second kappa shape index (κ2) is 5.50. The second-order valence-electron chi connectivity index (χ2n) is 5.22. The van der Waals surface area contributed by atoms with Crippen LogP contribution in [0.15, 0.2) is 17.2 Å². The summed E-state index contributed by atoms with van der Waals surface area (Å²) in [5.41, 5.74) is 9.74. The number of nitrogen functional groups attached to an aromatic ring is 1. The van der Waals surface area contributed by atoms with Crippen molar-refractivity contribution in [2.24, 2.45) is 0 Å². The normalized spacial score (nSPS) is 11.8. The lowest BCUT2D eigenvalue weighted by Gasteiger charge is -2.16. The van der Waals surface area contributed by atoms with E-state index in [4.69, 9.17) is 5.73 Å². The highest BCUT2D eigenvalue weighted by Crippen LogP contribution is 2.26. The van der Waals surface area contributed by atoms with Crippen LogP contribution in [0.25, 0.3) is 0 Å². The molecule has 1 heterocycles. The maximum absolute atomic E-state index is 12.6. The molecule has 0 fully saturated rings. The zero-order valence-electron chi connectivity index (χ0n) is 12.6. The lowest BCUT2D eigenvalue weighted by Crippen LogP contribution is -2.25. The topological polar surface area (TPSA) is 101 Å². The van der Waals surface area contributed by atoms with E-state index >= 15 is 0 Å². The highest BCUT2D eigenvalue weighted by Gasteiger charge is 2.22. The zero-order chi connectivity index (χ0) is 15.8. The number of hydrogen-bond acceptors (Lipinski definition) is 4. The quantitative estimate of drug-likeness (QED) is 0.800. The largest absolute Gasteiger partial charge is 0.384 e. The molecule has 1 aromatic carbocycles. The van der Waals surface area contributed by atoms with Crippen LogP contribution in [0.2, 0.25) is 0 Å². The van der Waals surface area contributed by atoms with E-state index in [2.05, 4.69) is 14.9 Å². The smallest absolute Gasteiger partial charge is 0.241 e. The van der Waals surface area contributed by atoms with Crippen LogP contribution in [0.5, 0.6) is 0 Å². The molecule has 1 aromatic heterocycles. The zero-order valence-corrected chi connectivity index (χ0v) is 13.4. The molecule has 0 unspecified atom stereocenters. The number of sulfonamides is 1. The summed E-state index contributed by atoms with van der Waals surface area (Å²) in [4.78, 5) is 0.349. The van der Waals surface area contributed by atoms with Crippen LogP contribution in [0, 0.1) is 27.7 Å². The van der Waals surface area contributed by atoms with Gasteiger partial charge in [-0.3, -0.25) is 5.10 Å². The minimum absolute atomic E-state index is 0.108. The third-order valence-corrected chi connectivity index (χ3v) is 5.44. The van der Waals surface area contributed by atoms with Gasteiger partial charge in [0.05, 0.1) is 11.1 Å². The van der Waals surface area contributed by atoms with Crippen molar-refractivity contribution in [3.63, 3.8) is 0 Å². The molecule has 6 nitrogen and oxygen atoms in total. The summed E-state index contributed by atoms with van der Waals surface area (Å²) in [5.74, 6) is 0.367. The van der Waals surface area contributed by atoms with E-state index < -0.39 is 10.0 Å². The van der Waals surface area contributed by atoms with E-state index in [-0.39, 0.29) is 6.54 Å². The number of rotatable bonds is 4. The average molecular weight is 308 g/mol. The van der Waals surface area contributed by atoms with Gasteiger partial charge >= 0.3 is 0 Å². The van der Waals surface area contributed by atoms with Gasteiger partial charge in [-0.1, -0.05) is 6.07 Å². The predicted molar refractivity (Wildman–Crippen MR) is 82.4 cm³/mol. The van der Waals surface area contributed by atoms with Crippen molar-refractivity contribution in [3.8, 4) is 0 Å². The Balaban J connectivity index is 2.39. The van der Waals surface area contributed by atoms with Crippen molar-refractivity contribution in [2.75, 3.05) is 5.73 Å². The molecule has 0 spiro atoms. The number of nitrogens with one attached hydrogen (secondary N) is 2. The molecule has 114 valence electrons. The molecular formula is C14H20N4O2S. The second-order valence-corrected chi connectivity index (χ2v) is 6.93. The summed E-state index contributed by atoms with van der Waals surface area (Å²) < 4.78 is 27.8. The summed E-state index contributed by atoms with van der Waals surface area (Å²) in [6.07, 6.45) is 1.51. The van der Waals surface area contributed by atoms with Crippen molar-refractivity contribution < 1.29 is 8.42 Å². The Hall–Kier alpha value is -1.86. The van der Waals surface area contributed by atoms with Gasteiger partial charge in [0.25, 0.3) is 0 Å². The van der Waals surface area contributed by atoms with E-state index in [0.717, 1.165) is 22.3 Å². The lowest BCUT2D eigenvalue weighted by molar-refractivity contribution is 0.580. The monoisotopic (exact) mass is 308 g/mol. The van der Waals surface area contributed by atoms with E-state index in [0.29, 0.717) is 16.3 Å².